The molecule has 0 atom stereocenters. The summed E-state index contributed by atoms with van der Waals surface area (Å²) in [7, 11) is -3.44. The first-order valence-corrected chi connectivity index (χ1v) is 10.8. The van der Waals surface area contributed by atoms with Gasteiger partial charge in [-0.25, -0.2) is 13.1 Å². The standard InChI is InChI=1S/C21H24N4O2S/c1-17-21(18(2)25(22-17)19-9-5-3-6-10-19)23-13-15-24(16-14-23)28(26,27)20-11-7-4-8-12-20/h3-12H,13-16H2,1-2H3. The molecule has 6 nitrogen and oxygen atoms in total. The number of nitrogens with zero attached hydrogens (tertiary/aromatic N) is 4. The molecule has 1 aromatic heterocycles. The number of rotatable bonds is 4. The van der Waals surface area contributed by atoms with Gasteiger partial charge in [-0.1, -0.05) is 36.4 Å². The number of aryl methyl sites for hydroxylation is 1. The molecule has 0 radical (unpaired) electrons. The summed E-state index contributed by atoms with van der Waals surface area (Å²) in [6, 6.07) is 18.7. The lowest BCUT2D eigenvalue weighted by atomic mass is 10.2. The van der Waals surface area contributed by atoms with Crippen molar-refractivity contribution in [1.82, 2.24) is 14.1 Å². The van der Waals surface area contributed by atoms with Gasteiger partial charge in [-0.05, 0) is 38.1 Å². The largest absolute Gasteiger partial charge is 0.366 e. The molecule has 0 spiro atoms. The predicted octanol–water partition coefficient (Wildman–Crippen LogP) is 3.00. The highest BCUT2D eigenvalue weighted by atomic mass is 32.2. The van der Waals surface area contributed by atoms with Crippen LogP contribution in [0.1, 0.15) is 11.4 Å². The van der Waals surface area contributed by atoms with Gasteiger partial charge >= 0.3 is 0 Å². The smallest absolute Gasteiger partial charge is 0.243 e. The van der Waals surface area contributed by atoms with Crippen LogP contribution in [0.15, 0.2) is 65.6 Å². The molecule has 2 heterocycles. The Morgan fingerprint density at radius 3 is 2.00 bits per heavy atom. The van der Waals surface area contributed by atoms with Crippen LogP contribution in [-0.4, -0.2) is 48.7 Å². The van der Waals surface area contributed by atoms with Crippen molar-refractivity contribution in [3.8, 4) is 5.69 Å². The molecule has 28 heavy (non-hydrogen) atoms. The normalized spacial score (nSPS) is 15.7. The molecule has 0 saturated carbocycles. The summed E-state index contributed by atoms with van der Waals surface area (Å²) in [6.45, 7) is 6.30. The van der Waals surface area contributed by atoms with Crippen molar-refractivity contribution in [3.63, 3.8) is 0 Å². The molecule has 1 saturated heterocycles. The number of piperazine rings is 1. The Morgan fingerprint density at radius 2 is 1.39 bits per heavy atom. The Bertz CT molecular complexity index is 1050. The maximum absolute atomic E-state index is 12.8. The molecule has 1 aliphatic heterocycles. The molecule has 4 rings (SSSR count). The van der Waals surface area contributed by atoms with Gasteiger partial charge in [-0.2, -0.15) is 9.40 Å². The van der Waals surface area contributed by atoms with Crippen molar-refractivity contribution in [2.45, 2.75) is 18.7 Å². The van der Waals surface area contributed by atoms with Crippen molar-refractivity contribution in [3.05, 3.63) is 72.1 Å². The molecule has 7 heteroatoms. The van der Waals surface area contributed by atoms with E-state index in [2.05, 4.69) is 11.8 Å². The average Bonchev–Trinajstić information content (AvgIpc) is 3.03. The van der Waals surface area contributed by atoms with Gasteiger partial charge in [-0.15, -0.1) is 0 Å². The molecule has 0 amide bonds. The number of aromatic nitrogens is 2. The van der Waals surface area contributed by atoms with Gasteiger partial charge in [0.05, 0.1) is 27.7 Å². The molecular formula is C21H24N4O2S. The molecular weight excluding hydrogens is 372 g/mol. The number of para-hydroxylation sites is 1. The highest BCUT2D eigenvalue weighted by Crippen LogP contribution is 2.28. The monoisotopic (exact) mass is 396 g/mol. The lowest BCUT2D eigenvalue weighted by Gasteiger charge is -2.35. The van der Waals surface area contributed by atoms with Gasteiger partial charge in [0.2, 0.25) is 10.0 Å². The summed E-state index contributed by atoms with van der Waals surface area (Å²) >= 11 is 0. The SMILES string of the molecule is Cc1nn(-c2ccccc2)c(C)c1N1CCN(S(=O)(=O)c2ccccc2)CC1. The fourth-order valence-corrected chi connectivity index (χ4v) is 5.25. The van der Waals surface area contributed by atoms with Crippen LogP contribution in [0.3, 0.4) is 0 Å². The minimum absolute atomic E-state index is 0.354. The summed E-state index contributed by atoms with van der Waals surface area (Å²) in [5.74, 6) is 0. The molecule has 1 aliphatic rings. The Balaban J connectivity index is 1.54. The van der Waals surface area contributed by atoms with E-state index in [-0.39, 0.29) is 0 Å². The Morgan fingerprint density at radius 1 is 0.821 bits per heavy atom. The zero-order valence-corrected chi connectivity index (χ0v) is 16.9. The van der Waals surface area contributed by atoms with Gasteiger partial charge in [0, 0.05) is 26.2 Å². The van der Waals surface area contributed by atoms with Crippen LogP contribution in [0.25, 0.3) is 5.69 Å². The molecule has 0 bridgehead atoms. The van der Waals surface area contributed by atoms with Crippen LogP contribution in [0.2, 0.25) is 0 Å². The summed E-state index contributed by atoms with van der Waals surface area (Å²) in [5.41, 5.74) is 4.16. The van der Waals surface area contributed by atoms with E-state index in [1.165, 1.54) is 0 Å². The summed E-state index contributed by atoms with van der Waals surface area (Å²) < 4.78 is 29.2. The molecule has 0 aliphatic carbocycles. The first-order valence-electron chi connectivity index (χ1n) is 9.40. The summed E-state index contributed by atoms with van der Waals surface area (Å²) in [5, 5.41) is 4.71. The van der Waals surface area contributed by atoms with Gasteiger partial charge in [-0.3, -0.25) is 0 Å². The average molecular weight is 397 g/mol. The van der Waals surface area contributed by atoms with Crippen molar-refractivity contribution < 1.29 is 8.42 Å². The highest BCUT2D eigenvalue weighted by molar-refractivity contribution is 7.89. The van der Waals surface area contributed by atoms with Crippen LogP contribution >= 0.6 is 0 Å². The number of sulfonamides is 1. The highest BCUT2D eigenvalue weighted by Gasteiger charge is 2.30. The van der Waals surface area contributed by atoms with Crippen LogP contribution in [0.5, 0.6) is 0 Å². The van der Waals surface area contributed by atoms with Crippen LogP contribution in [-0.2, 0) is 10.0 Å². The fourth-order valence-electron chi connectivity index (χ4n) is 3.81. The third kappa shape index (κ3) is 3.31. The minimum Gasteiger partial charge on any atom is -0.366 e. The second-order valence-corrected chi connectivity index (χ2v) is 8.91. The van der Waals surface area contributed by atoms with Crippen molar-refractivity contribution in [2.75, 3.05) is 31.1 Å². The van der Waals surface area contributed by atoms with Crippen LogP contribution in [0.4, 0.5) is 5.69 Å². The van der Waals surface area contributed by atoms with E-state index in [0.29, 0.717) is 31.1 Å². The van der Waals surface area contributed by atoms with Crippen LogP contribution < -0.4 is 4.90 Å². The van der Waals surface area contributed by atoms with Gasteiger partial charge in [0.1, 0.15) is 0 Å². The maximum atomic E-state index is 12.8. The zero-order chi connectivity index (χ0) is 19.7. The summed E-state index contributed by atoms with van der Waals surface area (Å²) in [6.07, 6.45) is 0. The first kappa shape index (κ1) is 18.7. The number of hydrogen-bond donors (Lipinski definition) is 0. The molecule has 1 fully saturated rings. The van der Waals surface area contributed by atoms with Crippen molar-refractivity contribution >= 4 is 15.7 Å². The number of hydrogen-bond acceptors (Lipinski definition) is 4. The topological polar surface area (TPSA) is 58.4 Å². The van der Waals surface area contributed by atoms with E-state index < -0.39 is 10.0 Å². The zero-order valence-electron chi connectivity index (χ0n) is 16.1. The Hall–Kier alpha value is -2.64. The molecule has 146 valence electrons. The van der Waals surface area contributed by atoms with Gasteiger partial charge in [0.25, 0.3) is 0 Å². The van der Waals surface area contributed by atoms with E-state index in [1.54, 1.807) is 28.6 Å². The van der Waals surface area contributed by atoms with E-state index in [4.69, 9.17) is 5.10 Å². The van der Waals surface area contributed by atoms with E-state index in [9.17, 15) is 8.42 Å². The van der Waals surface area contributed by atoms with Crippen molar-refractivity contribution in [1.29, 1.82) is 0 Å². The maximum Gasteiger partial charge on any atom is 0.243 e. The quantitative estimate of drug-likeness (QED) is 0.680. The third-order valence-corrected chi connectivity index (χ3v) is 7.10. The Kier molecular flexibility index (Phi) is 4.95. The second kappa shape index (κ2) is 7.41. The molecule has 0 unspecified atom stereocenters. The fraction of sp³-hybridized carbons (Fsp3) is 0.286. The number of anilines is 1. The van der Waals surface area contributed by atoms with E-state index in [1.807, 2.05) is 48.0 Å². The minimum atomic E-state index is -3.44. The molecule has 0 N–H and O–H groups in total. The first-order chi connectivity index (χ1) is 13.5. The van der Waals surface area contributed by atoms with E-state index in [0.717, 1.165) is 22.8 Å². The second-order valence-electron chi connectivity index (χ2n) is 6.97. The predicted molar refractivity (Wildman–Crippen MR) is 110 cm³/mol. The van der Waals surface area contributed by atoms with Gasteiger partial charge < -0.3 is 4.90 Å². The lowest BCUT2D eigenvalue weighted by Crippen LogP contribution is -2.49. The van der Waals surface area contributed by atoms with Crippen molar-refractivity contribution in [2.24, 2.45) is 0 Å². The Labute approximate surface area is 166 Å². The van der Waals surface area contributed by atoms with Gasteiger partial charge in [0.15, 0.2) is 0 Å². The third-order valence-electron chi connectivity index (χ3n) is 5.19. The molecule has 2 aromatic carbocycles. The van der Waals surface area contributed by atoms with E-state index >= 15 is 0 Å². The van der Waals surface area contributed by atoms with Crippen LogP contribution in [0, 0.1) is 13.8 Å². The molecule has 3 aromatic rings. The lowest BCUT2D eigenvalue weighted by molar-refractivity contribution is 0.384. The number of benzene rings is 2. The summed E-state index contributed by atoms with van der Waals surface area (Å²) in [4.78, 5) is 2.60.